The van der Waals surface area contributed by atoms with Crippen molar-refractivity contribution in [1.29, 1.82) is 0 Å². The van der Waals surface area contributed by atoms with Gasteiger partial charge in [0.25, 0.3) is 0 Å². The van der Waals surface area contributed by atoms with Crippen molar-refractivity contribution in [2.45, 2.75) is 45.7 Å². The molecule has 1 aliphatic rings. The zero-order chi connectivity index (χ0) is 12.1. The predicted molar refractivity (Wildman–Crippen MR) is 62.6 cm³/mol. The number of hydrogen-bond donors (Lipinski definition) is 1. The van der Waals surface area contributed by atoms with Gasteiger partial charge in [0, 0.05) is 18.5 Å². The van der Waals surface area contributed by atoms with E-state index in [-0.39, 0.29) is 18.0 Å². The van der Waals surface area contributed by atoms with Gasteiger partial charge in [0.05, 0.1) is 0 Å². The van der Waals surface area contributed by atoms with E-state index in [0.717, 1.165) is 25.8 Å². The molecule has 4 nitrogen and oxygen atoms in total. The standard InChI is InChI=1S/C12H20N2O2/c1-9(2)12(16)13-10(3)14-8-6-4-5-7-11(14)15/h10H,1,4-8H2,2-3H3,(H,13,16). The van der Waals surface area contributed by atoms with Crippen LogP contribution in [0.2, 0.25) is 0 Å². The summed E-state index contributed by atoms with van der Waals surface area (Å²) in [6.45, 7) is 7.80. The summed E-state index contributed by atoms with van der Waals surface area (Å²) in [5.74, 6) is -0.0587. The molecule has 1 atom stereocenters. The fraction of sp³-hybridized carbons (Fsp3) is 0.667. The predicted octanol–water partition coefficient (Wildman–Crippen LogP) is 1.43. The molecule has 0 aliphatic carbocycles. The molecular weight excluding hydrogens is 204 g/mol. The van der Waals surface area contributed by atoms with Crippen LogP contribution in [0.25, 0.3) is 0 Å². The Labute approximate surface area is 96.7 Å². The summed E-state index contributed by atoms with van der Waals surface area (Å²) in [7, 11) is 0. The van der Waals surface area contributed by atoms with Crippen molar-refractivity contribution in [1.82, 2.24) is 10.2 Å². The first-order chi connectivity index (χ1) is 7.52. The summed E-state index contributed by atoms with van der Waals surface area (Å²) in [6, 6.07) is 0. The van der Waals surface area contributed by atoms with E-state index in [9.17, 15) is 9.59 Å². The molecule has 1 heterocycles. The molecule has 16 heavy (non-hydrogen) atoms. The lowest BCUT2D eigenvalue weighted by Crippen LogP contribution is -2.49. The van der Waals surface area contributed by atoms with E-state index in [1.165, 1.54) is 0 Å². The van der Waals surface area contributed by atoms with Gasteiger partial charge in [0.15, 0.2) is 0 Å². The fourth-order valence-corrected chi connectivity index (χ4v) is 1.80. The number of rotatable bonds is 3. The number of amides is 2. The van der Waals surface area contributed by atoms with E-state index in [1.807, 2.05) is 6.92 Å². The number of likely N-dealkylation sites (tertiary alicyclic amines) is 1. The Kier molecular flexibility index (Phi) is 4.52. The largest absolute Gasteiger partial charge is 0.332 e. The monoisotopic (exact) mass is 224 g/mol. The summed E-state index contributed by atoms with van der Waals surface area (Å²) in [6.07, 6.45) is 3.40. The van der Waals surface area contributed by atoms with E-state index in [4.69, 9.17) is 0 Å². The van der Waals surface area contributed by atoms with Crippen LogP contribution in [0.3, 0.4) is 0 Å². The first-order valence-corrected chi connectivity index (χ1v) is 5.78. The second-order valence-corrected chi connectivity index (χ2v) is 4.33. The molecule has 0 saturated carbocycles. The van der Waals surface area contributed by atoms with E-state index in [0.29, 0.717) is 12.0 Å². The normalized spacial score (nSPS) is 18.9. The molecule has 1 aliphatic heterocycles. The molecule has 0 spiro atoms. The third-order valence-corrected chi connectivity index (χ3v) is 2.81. The average molecular weight is 224 g/mol. The maximum absolute atomic E-state index is 11.8. The lowest BCUT2D eigenvalue weighted by atomic mass is 10.2. The second kappa shape index (κ2) is 5.68. The maximum atomic E-state index is 11.8. The number of hydrogen-bond acceptors (Lipinski definition) is 2. The Morgan fingerprint density at radius 3 is 2.75 bits per heavy atom. The Balaban J connectivity index is 2.57. The number of carbonyl (C=O) groups excluding carboxylic acids is 2. The molecule has 2 amide bonds. The lowest BCUT2D eigenvalue weighted by molar-refractivity contribution is -0.134. The third-order valence-electron chi connectivity index (χ3n) is 2.81. The molecule has 1 unspecified atom stereocenters. The highest BCUT2D eigenvalue weighted by molar-refractivity contribution is 5.92. The third kappa shape index (κ3) is 3.36. The minimum absolute atomic E-state index is 0.131. The van der Waals surface area contributed by atoms with Crippen molar-refractivity contribution in [2.75, 3.05) is 6.54 Å². The van der Waals surface area contributed by atoms with Crippen LogP contribution in [0.1, 0.15) is 39.5 Å². The Bertz CT molecular complexity index is 299. The van der Waals surface area contributed by atoms with Gasteiger partial charge in [-0.3, -0.25) is 9.59 Å². The summed E-state index contributed by atoms with van der Waals surface area (Å²) in [4.78, 5) is 24.9. The van der Waals surface area contributed by atoms with Crippen LogP contribution in [0.15, 0.2) is 12.2 Å². The van der Waals surface area contributed by atoms with Gasteiger partial charge >= 0.3 is 0 Å². The van der Waals surface area contributed by atoms with Gasteiger partial charge in [-0.25, -0.2) is 0 Å². The van der Waals surface area contributed by atoms with Gasteiger partial charge in [-0.15, -0.1) is 0 Å². The molecule has 1 rings (SSSR count). The highest BCUT2D eigenvalue weighted by atomic mass is 16.2. The molecule has 0 radical (unpaired) electrons. The van der Waals surface area contributed by atoms with E-state index in [2.05, 4.69) is 11.9 Å². The molecule has 0 aromatic carbocycles. The van der Waals surface area contributed by atoms with Gasteiger partial charge in [-0.1, -0.05) is 13.0 Å². The smallest absolute Gasteiger partial charge is 0.247 e. The van der Waals surface area contributed by atoms with E-state index < -0.39 is 0 Å². The van der Waals surface area contributed by atoms with Gasteiger partial charge in [-0.05, 0) is 26.7 Å². The number of carbonyl (C=O) groups is 2. The molecule has 0 bridgehead atoms. The van der Waals surface area contributed by atoms with E-state index in [1.54, 1.807) is 11.8 Å². The molecule has 4 heteroatoms. The first kappa shape index (κ1) is 12.7. The van der Waals surface area contributed by atoms with Crippen LogP contribution in [0.4, 0.5) is 0 Å². The topological polar surface area (TPSA) is 49.4 Å². The molecular formula is C12H20N2O2. The van der Waals surface area contributed by atoms with Gasteiger partial charge in [0.1, 0.15) is 6.17 Å². The Morgan fingerprint density at radius 2 is 2.12 bits per heavy atom. The van der Waals surface area contributed by atoms with Crippen LogP contribution in [0, 0.1) is 0 Å². The van der Waals surface area contributed by atoms with Gasteiger partial charge in [0.2, 0.25) is 11.8 Å². The quantitative estimate of drug-likeness (QED) is 0.737. The Hall–Kier alpha value is -1.32. The highest BCUT2D eigenvalue weighted by Gasteiger charge is 2.22. The number of nitrogens with one attached hydrogen (secondary N) is 1. The summed E-state index contributed by atoms with van der Waals surface area (Å²) in [5, 5.41) is 2.77. The van der Waals surface area contributed by atoms with Crippen molar-refractivity contribution < 1.29 is 9.59 Å². The Morgan fingerprint density at radius 1 is 1.44 bits per heavy atom. The summed E-state index contributed by atoms with van der Waals surface area (Å²) >= 11 is 0. The average Bonchev–Trinajstić information content (AvgIpc) is 2.42. The van der Waals surface area contributed by atoms with Crippen molar-refractivity contribution >= 4 is 11.8 Å². The van der Waals surface area contributed by atoms with Crippen molar-refractivity contribution in [3.05, 3.63) is 12.2 Å². The minimum Gasteiger partial charge on any atom is -0.332 e. The van der Waals surface area contributed by atoms with Crippen LogP contribution in [-0.4, -0.2) is 29.4 Å². The van der Waals surface area contributed by atoms with Crippen LogP contribution < -0.4 is 5.32 Å². The molecule has 90 valence electrons. The minimum atomic E-state index is -0.241. The molecule has 1 N–H and O–H groups in total. The van der Waals surface area contributed by atoms with Crippen LogP contribution in [-0.2, 0) is 9.59 Å². The maximum Gasteiger partial charge on any atom is 0.247 e. The summed E-state index contributed by atoms with van der Waals surface area (Å²) < 4.78 is 0. The van der Waals surface area contributed by atoms with Crippen LogP contribution in [0.5, 0.6) is 0 Å². The highest BCUT2D eigenvalue weighted by Crippen LogP contribution is 2.13. The van der Waals surface area contributed by atoms with Crippen LogP contribution >= 0.6 is 0 Å². The SMILES string of the molecule is C=C(C)C(=O)NC(C)N1CCCCCC1=O. The lowest BCUT2D eigenvalue weighted by Gasteiger charge is -2.28. The number of nitrogens with zero attached hydrogens (tertiary/aromatic N) is 1. The summed E-state index contributed by atoms with van der Waals surface area (Å²) in [5.41, 5.74) is 0.467. The van der Waals surface area contributed by atoms with Gasteiger partial charge < -0.3 is 10.2 Å². The van der Waals surface area contributed by atoms with Gasteiger partial charge in [-0.2, -0.15) is 0 Å². The zero-order valence-corrected chi connectivity index (χ0v) is 10.1. The molecule has 1 saturated heterocycles. The van der Waals surface area contributed by atoms with Crippen molar-refractivity contribution in [3.8, 4) is 0 Å². The second-order valence-electron chi connectivity index (χ2n) is 4.33. The van der Waals surface area contributed by atoms with Crippen molar-refractivity contribution in [3.63, 3.8) is 0 Å². The van der Waals surface area contributed by atoms with Crippen molar-refractivity contribution in [2.24, 2.45) is 0 Å². The molecule has 0 aromatic heterocycles. The first-order valence-electron chi connectivity index (χ1n) is 5.78. The fourth-order valence-electron chi connectivity index (χ4n) is 1.80. The van der Waals surface area contributed by atoms with E-state index >= 15 is 0 Å². The zero-order valence-electron chi connectivity index (χ0n) is 10.1. The molecule has 0 aromatic rings. The molecule has 1 fully saturated rings.